The summed E-state index contributed by atoms with van der Waals surface area (Å²) in [5.74, 6) is -1.28. The quantitative estimate of drug-likeness (QED) is 0.644. The number of Topliss-reactive ketones (excluding diaryl/α,β-unsaturated/α-hetero) is 1. The molecular weight excluding hydrogens is 262 g/mol. The molecule has 1 atom stereocenters. The van der Waals surface area contributed by atoms with Gasteiger partial charge in [0.2, 0.25) is 5.91 Å². The van der Waals surface area contributed by atoms with Crippen molar-refractivity contribution >= 4 is 23.3 Å². The normalized spacial score (nSPS) is 16.5. The fourth-order valence-electron chi connectivity index (χ4n) is 1.98. The number of nitrogens with one attached hydrogen (secondary N) is 1. The molecule has 0 saturated carbocycles. The van der Waals surface area contributed by atoms with E-state index in [0.717, 1.165) is 11.3 Å². The third-order valence-electron chi connectivity index (χ3n) is 3.12. The molecule has 1 aromatic rings. The molecule has 6 heteroatoms. The van der Waals surface area contributed by atoms with E-state index in [1.807, 2.05) is 0 Å². The third kappa shape index (κ3) is 2.85. The lowest BCUT2D eigenvalue weighted by Gasteiger charge is -2.06. The predicted molar refractivity (Wildman–Crippen MR) is 70.7 cm³/mol. The van der Waals surface area contributed by atoms with E-state index in [1.54, 1.807) is 25.1 Å². The number of fused-ring (bicyclic) bond motifs is 1. The molecule has 0 radical (unpaired) electrons. The summed E-state index contributed by atoms with van der Waals surface area (Å²) in [4.78, 5) is 34.5. The molecule has 0 aliphatic carbocycles. The van der Waals surface area contributed by atoms with Gasteiger partial charge >= 0.3 is 5.97 Å². The van der Waals surface area contributed by atoms with Crippen LogP contribution in [0.1, 0.15) is 28.8 Å². The molecule has 0 spiro atoms. The molecule has 0 bridgehead atoms. The topological polar surface area (TPSA) is 81.7 Å². The number of hydrogen-bond donors (Lipinski definition) is 1. The second kappa shape index (κ2) is 5.83. The van der Waals surface area contributed by atoms with Gasteiger partial charge in [-0.15, -0.1) is 0 Å². The number of ether oxygens (including phenoxy) is 2. The predicted octanol–water partition coefficient (Wildman–Crippen LogP) is 1.11. The van der Waals surface area contributed by atoms with Gasteiger partial charge in [0.25, 0.3) is 0 Å². The first-order chi connectivity index (χ1) is 9.52. The van der Waals surface area contributed by atoms with Gasteiger partial charge in [-0.2, -0.15) is 0 Å². The molecule has 6 nitrogen and oxygen atoms in total. The number of anilines is 1. The number of methoxy groups -OCH3 is 1. The summed E-state index contributed by atoms with van der Waals surface area (Å²) < 4.78 is 9.37. The van der Waals surface area contributed by atoms with Gasteiger partial charge in [0, 0.05) is 18.4 Å². The Morgan fingerprint density at radius 2 is 2.05 bits per heavy atom. The summed E-state index contributed by atoms with van der Waals surface area (Å²) in [6.45, 7) is 1.25. The van der Waals surface area contributed by atoms with E-state index in [9.17, 15) is 14.4 Å². The van der Waals surface area contributed by atoms with Crippen LogP contribution in [0.3, 0.4) is 0 Å². The van der Waals surface area contributed by atoms with Crippen LogP contribution in [0.15, 0.2) is 18.2 Å². The second-order valence-corrected chi connectivity index (χ2v) is 4.53. The van der Waals surface area contributed by atoms with E-state index in [1.165, 1.54) is 7.11 Å². The summed E-state index contributed by atoms with van der Waals surface area (Å²) in [7, 11) is 1.37. The Morgan fingerprint density at radius 1 is 1.30 bits per heavy atom. The highest BCUT2D eigenvalue weighted by atomic mass is 16.6. The van der Waals surface area contributed by atoms with E-state index in [0.29, 0.717) is 5.56 Å². The van der Waals surface area contributed by atoms with Crippen molar-refractivity contribution in [2.24, 2.45) is 0 Å². The van der Waals surface area contributed by atoms with E-state index < -0.39 is 5.97 Å². The minimum atomic E-state index is -0.591. The summed E-state index contributed by atoms with van der Waals surface area (Å²) in [5, 5.41) is 2.73. The fraction of sp³-hybridized carbons (Fsp3) is 0.357. The number of amides is 1. The van der Waals surface area contributed by atoms with Crippen LogP contribution in [0.25, 0.3) is 0 Å². The number of ketones is 1. The smallest absolute Gasteiger partial charge is 0.332 e. The molecule has 1 heterocycles. The van der Waals surface area contributed by atoms with Crippen LogP contribution in [0.4, 0.5) is 5.69 Å². The molecule has 20 heavy (non-hydrogen) atoms. The van der Waals surface area contributed by atoms with Gasteiger partial charge in [-0.05, 0) is 30.7 Å². The molecule has 1 N–H and O–H groups in total. The molecule has 0 aromatic heterocycles. The molecule has 1 aromatic carbocycles. The van der Waals surface area contributed by atoms with Crippen molar-refractivity contribution in [2.75, 3.05) is 25.6 Å². The van der Waals surface area contributed by atoms with Crippen LogP contribution in [0, 0.1) is 0 Å². The van der Waals surface area contributed by atoms with Gasteiger partial charge in [-0.1, -0.05) is 0 Å². The highest BCUT2D eigenvalue weighted by Gasteiger charge is 2.27. The molecule has 0 fully saturated rings. The Labute approximate surface area is 116 Å². The zero-order valence-corrected chi connectivity index (χ0v) is 11.3. The Balaban J connectivity index is 2.05. The second-order valence-electron chi connectivity index (χ2n) is 4.53. The Hall–Kier alpha value is -2.21. The molecular formula is C14H15NO5. The van der Waals surface area contributed by atoms with Gasteiger partial charge in [-0.25, -0.2) is 4.79 Å². The lowest BCUT2D eigenvalue weighted by molar-refractivity contribution is -0.146. The first kappa shape index (κ1) is 14.2. The van der Waals surface area contributed by atoms with Crippen molar-refractivity contribution in [2.45, 2.75) is 12.8 Å². The van der Waals surface area contributed by atoms with Gasteiger partial charge in [0.15, 0.2) is 12.4 Å². The maximum Gasteiger partial charge on any atom is 0.332 e. The molecule has 0 unspecified atom stereocenters. The summed E-state index contributed by atoms with van der Waals surface area (Å²) >= 11 is 0. The SMILES string of the molecule is COCC(=O)OCC(=O)c1ccc2c(c1)[C@H](C)C(=O)N2. The fourth-order valence-corrected chi connectivity index (χ4v) is 1.98. The highest BCUT2D eigenvalue weighted by molar-refractivity contribution is 6.05. The van der Waals surface area contributed by atoms with E-state index in [2.05, 4.69) is 10.1 Å². The van der Waals surface area contributed by atoms with Gasteiger partial charge in [0.05, 0.1) is 5.92 Å². The third-order valence-corrected chi connectivity index (χ3v) is 3.12. The number of carbonyl (C=O) groups is 3. The van der Waals surface area contributed by atoms with Gasteiger partial charge < -0.3 is 14.8 Å². The Bertz CT molecular complexity index is 567. The van der Waals surface area contributed by atoms with Crippen molar-refractivity contribution in [3.05, 3.63) is 29.3 Å². The minimum Gasteiger partial charge on any atom is -0.456 e. The van der Waals surface area contributed by atoms with E-state index in [4.69, 9.17) is 4.74 Å². The minimum absolute atomic E-state index is 0.0869. The van der Waals surface area contributed by atoms with Crippen LogP contribution in [-0.4, -0.2) is 38.0 Å². The summed E-state index contributed by atoms with van der Waals surface area (Å²) in [6.07, 6.45) is 0. The molecule has 106 valence electrons. The zero-order valence-electron chi connectivity index (χ0n) is 11.3. The van der Waals surface area contributed by atoms with Crippen molar-refractivity contribution in [1.82, 2.24) is 0 Å². The maximum atomic E-state index is 11.9. The number of carbonyl (C=O) groups excluding carboxylic acids is 3. The van der Waals surface area contributed by atoms with E-state index in [-0.39, 0.29) is 30.8 Å². The standard InChI is InChI=1S/C14H15NO5/c1-8-10-5-9(3-4-11(10)15-14(8)18)12(16)6-20-13(17)7-19-2/h3-5,8H,6-7H2,1-2H3,(H,15,18)/t8-/m0/s1. The highest BCUT2D eigenvalue weighted by Crippen LogP contribution is 2.32. The summed E-state index contributed by atoms with van der Waals surface area (Å²) in [5.41, 5.74) is 1.91. The van der Waals surface area contributed by atoms with Gasteiger partial charge in [0.1, 0.15) is 6.61 Å². The van der Waals surface area contributed by atoms with Crippen LogP contribution in [0.2, 0.25) is 0 Å². The molecule has 0 saturated heterocycles. The number of esters is 1. The van der Waals surface area contributed by atoms with Crippen LogP contribution in [0.5, 0.6) is 0 Å². The first-order valence-electron chi connectivity index (χ1n) is 6.15. The average Bonchev–Trinajstić information content (AvgIpc) is 2.71. The zero-order chi connectivity index (χ0) is 14.7. The van der Waals surface area contributed by atoms with Crippen LogP contribution in [-0.2, 0) is 19.1 Å². The Kier molecular flexibility index (Phi) is 4.14. The molecule has 1 aliphatic rings. The lowest BCUT2D eigenvalue weighted by Crippen LogP contribution is -2.17. The number of rotatable bonds is 5. The van der Waals surface area contributed by atoms with Crippen LogP contribution >= 0.6 is 0 Å². The Morgan fingerprint density at radius 3 is 2.75 bits per heavy atom. The first-order valence-corrected chi connectivity index (χ1v) is 6.15. The molecule has 1 aliphatic heterocycles. The van der Waals surface area contributed by atoms with Crippen molar-refractivity contribution in [3.8, 4) is 0 Å². The van der Waals surface area contributed by atoms with Crippen molar-refractivity contribution < 1.29 is 23.9 Å². The maximum absolute atomic E-state index is 11.9. The molecule has 2 rings (SSSR count). The van der Waals surface area contributed by atoms with Crippen molar-refractivity contribution in [3.63, 3.8) is 0 Å². The average molecular weight is 277 g/mol. The number of hydrogen-bond acceptors (Lipinski definition) is 5. The lowest BCUT2D eigenvalue weighted by atomic mass is 9.99. The molecule has 1 amide bonds. The summed E-state index contributed by atoms with van der Waals surface area (Å²) in [6, 6.07) is 4.94. The number of benzene rings is 1. The van der Waals surface area contributed by atoms with Gasteiger partial charge in [-0.3, -0.25) is 9.59 Å². The van der Waals surface area contributed by atoms with Crippen LogP contribution < -0.4 is 5.32 Å². The van der Waals surface area contributed by atoms with Crippen molar-refractivity contribution in [1.29, 1.82) is 0 Å². The largest absolute Gasteiger partial charge is 0.456 e. The van der Waals surface area contributed by atoms with E-state index >= 15 is 0 Å². The monoisotopic (exact) mass is 277 g/mol.